The fourth-order valence-electron chi connectivity index (χ4n) is 4.56. The Labute approximate surface area is 229 Å². The normalized spacial score (nSPS) is 16.4. The highest BCUT2D eigenvalue weighted by molar-refractivity contribution is 7.88. The molecule has 0 spiro atoms. The summed E-state index contributed by atoms with van der Waals surface area (Å²) >= 11 is 12.2. The van der Waals surface area contributed by atoms with Gasteiger partial charge in [-0.3, -0.25) is 4.79 Å². The fourth-order valence-corrected chi connectivity index (χ4v) is 5.70. The van der Waals surface area contributed by atoms with Gasteiger partial charge in [0.15, 0.2) is 0 Å². The van der Waals surface area contributed by atoms with E-state index in [1.807, 2.05) is 0 Å². The lowest BCUT2D eigenvalue weighted by Gasteiger charge is -2.33. The molecular weight excluding hydrogens is 569 g/mol. The second kappa shape index (κ2) is 12.5. The van der Waals surface area contributed by atoms with Crippen molar-refractivity contribution in [2.75, 3.05) is 32.9 Å². The number of hydrogen-bond acceptors (Lipinski definition) is 4. The second-order valence-electron chi connectivity index (χ2n) is 9.53. The maximum atomic E-state index is 13.7. The number of likely N-dealkylation sites (N-methyl/N-ethyl adjacent to an activating group) is 1. The Morgan fingerprint density at radius 3 is 2.37 bits per heavy atom. The van der Waals surface area contributed by atoms with Gasteiger partial charge in [-0.2, -0.15) is 13.2 Å². The van der Waals surface area contributed by atoms with Gasteiger partial charge < -0.3 is 9.80 Å². The Balaban J connectivity index is 1.74. The molecule has 0 saturated carbocycles. The number of likely N-dealkylation sites (tertiary alicyclic amines) is 1. The third kappa shape index (κ3) is 8.54. The summed E-state index contributed by atoms with van der Waals surface area (Å²) in [7, 11) is -1.82. The number of rotatable bonds is 9. The Morgan fingerprint density at radius 2 is 1.79 bits per heavy atom. The number of nitrogens with zero attached hydrogens (tertiary/aromatic N) is 2. The fraction of sp³-hybridized carbons (Fsp3) is 0.480. The molecule has 1 unspecified atom stereocenters. The third-order valence-corrected chi connectivity index (χ3v) is 7.98. The maximum absolute atomic E-state index is 13.7. The number of sulfonamides is 1. The molecule has 1 heterocycles. The van der Waals surface area contributed by atoms with Crippen LogP contribution in [-0.2, 0) is 27.5 Å². The zero-order chi connectivity index (χ0) is 28.3. The van der Waals surface area contributed by atoms with Crippen LogP contribution < -0.4 is 4.72 Å². The van der Waals surface area contributed by atoms with Gasteiger partial charge in [0.2, 0.25) is 15.9 Å². The molecule has 1 N–H and O–H groups in total. The van der Waals surface area contributed by atoms with Gasteiger partial charge in [0.1, 0.15) is 5.82 Å². The number of halogens is 6. The number of carbonyl (C=O) groups is 1. The predicted octanol–water partition coefficient (Wildman–Crippen LogP) is 5.30. The van der Waals surface area contributed by atoms with E-state index in [-0.39, 0.29) is 29.1 Å². The van der Waals surface area contributed by atoms with Crippen LogP contribution in [0, 0.1) is 5.82 Å². The zero-order valence-electron chi connectivity index (χ0n) is 20.9. The number of nitrogens with one attached hydrogen (secondary N) is 1. The molecule has 1 atom stereocenters. The first-order valence-corrected chi connectivity index (χ1v) is 14.5. The van der Waals surface area contributed by atoms with Crippen molar-refractivity contribution in [2.24, 2.45) is 0 Å². The average Bonchev–Trinajstić information content (AvgIpc) is 2.81. The molecule has 210 valence electrons. The monoisotopic (exact) mass is 597 g/mol. The SMILES string of the molecule is CN(Cc1ccc(F)c(C(F)(F)F)c1)C(=O)C(CCN1CCC(NS(C)(=O)=O)CC1)c1ccc(Cl)c(Cl)c1. The van der Waals surface area contributed by atoms with Crippen molar-refractivity contribution in [2.45, 2.75) is 43.9 Å². The van der Waals surface area contributed by atoms with Crippen LogP contribution >= 0.6 is 23.2 Å². The first-order valence-electron chi connectivity index (χ1n) is 11.9. The van der Waals surface area contributed by atoms with E-state index in [1.54, 1.807) is 18.2 Å². The lowest BCUT2D eigenvalue weighted by atomic mass is 9.93. The molecule has 13 heteroatoms. The first kappa shape index (κ1) is 30.6. The Kier molecular flexibility index (Phi) is 10.1. The van der Waals surface area contributed by atoms with Crippen LogP contribution in [0.15, 0.2) is 36.4 Å². The van der Waals surface area contributed by atoms with Crippen molar-refractivity contribution in [1.29, 1.82) is 0 Å². The largest absolute Gasteiger partial charge is 0.419 e. The minimum absolute atomic E-state index is 0.141. The number of alkyl halides is 3. The molecule has 1 amide bonds. The molecule has 1 fully saturated rings. The van der Waals surface area contributed by atoms with E-state index in [1.165, 1.54) is 18.0 Å². The van der Waals surface area contributed by atoms with Gasteiger partial charge in [0.05, 0.1) is 27.8 Å². The van der Waals surface area contributed by atoms with Crippen molar-refractivity contribution >= 4 is 39.1 Å². The standard InChI is InChI=1S/C25H29Cl2F4N3O3S/c1-33(15-16-3-6-23(28)20(13-16)25(29,30)31)24(35)19(17-4-5-21(26)22(27)14-17)9-12-34-10-7-18(8-11-34)32-38(2,36)37/h3-6,13-14,18-19,32H,7-12,15H2,1-2H3. The van der Waals surface area contributed by atoms with Crippen LogP contribution in [0.3, 0.4) is 0 Å². The molecular formula is C25H29Cl2F4N3O3S. The summed E-state index contributed by atoms with van der Waals surface area (Å²) in [6.07, 6.45) is -2.08. The second-order valence-corrected chi connectivity index (χ2v) is 12.1. The number of hydrogen-bond donors (Lipinski definition) is 1. The highest BCUT2D eigenvalue weighted by Crippen LogP contribution is 2.33. The van der Waals surface area contributed by atoms with Gasteiger partial charge in [0.25, 0.3) is 0 Å². The topological polar surface area (TPSA) is 69.7 Å². The highest BCUT2D eigenvalue weighted by Gasteiger charge is 2.34. The minimum Gasteiger partial charge on any atom is -0.341 e. The van der Waals surface area contributed by atoms with Crippen LogP contribution in [0.25, 0.3) is 0 Å². The summed E-state index contributed by atoms with van der Waals surface area (Å²) in [4.78, 5) is 17.0. The van der Waals surface area contributed by atoms with Gasteiger partial charge >= 0.3 is 6.18 Å². The Morgan fingerprint density at radius 1 is 1.13 bits per heavy atom. The van der Waals surface area contributed by atoms with E-state index in [2.05, 4.69) is 9.62 Å². The smallest absolute Gasteiger partial charge is 0.341 e. The van der Waals surface area contributed by atoms with Crippen LogP contribution in [0.2, 0.25) is 10.0 Å². The molecule has 1 saturated heterocycles. The van der Waals surface area contributed by atoms with E-state index < -0.39 is 33.5 Å². The van der Waals surface area contributed by atoms with E-state index in [0.29, 0.717) is 55.5 Å². The summed E-state index contributed by atoms with van der Waals surface area (Å²) in [5, 5.41) is 0.590. The van der Waals surface area contributed by atoms with Gasteiger partial charge in [-0.05, 0) is 74.3 Å². The van der Waals surface area contributed by atoms with Crippen LogP contribution in [0.4, 0.5) is 17.6 Å². The van der Waals surface area contributed by atoms with Gasteiger partial charge in [-0.25, -0.2) is 17.5 Å². The number of carbonyl (C=O) groups excluding carboxylic acids is 1. The van der Waals surface area contributed by atoms with E-state index in [9.17, 15) is 30.8 Å². The molecule has 0 aromatic heterocycles. The molecule has 1 aliphatic rings. The third-order valence-electron chi connectivity index (χ3n) is 6.48. The predicted molar refractivity (Wildman–Crippen MR) is 139 cm³/mol. The van der Waals surface area contributed by atoms with Crippen molar-refractivity contribution in [3.63, 3.8) is 0 Å². The van der Waals surface area contributed by atoms with E-state index >= 15 is 0 Å². The Bertz CT molecular complexity index is 1250. The summed E-state index contributed by atoms with van der Waals surface area (Å²) in [5.41, 5.74) is -0.631. The quantitative estimate of drug-likeness (QED) is 0.398. The van der Waals surface area contributed by atoms with Gasteiger partial charge in [-0.15, -0.1) is 0 Å². The van der Waals surface area contributed by atoms with E-state index in [0.717, 1.165) is 12.3 Å². The molecule has 1 aliphatic heterocycles. The van der Waals surface area contributed by atoms with Crippen molar-refractivity contribution in [3.05, 3.63) is 69.0 Å². The summed E-state index contributed by atoms with van der Waals surface area (Å²) < 4.78 is 78.7. The summed E-state index contributed by atoms with van der Waals surface area (Å²) in [6.45, 7) is 1.66. The van der Waals surface area contributed by atoms with Crippen molar-refractivity contribution < 1.29 is 30.8 Å². The van der Waals surface area contributed by atoms with Crippen molar-refractivity contribution in [3.8, 4) is 0 Å². The zero-order valence-corrected chi connectivity index (χ0v) is 23.2. The molecule has 0 bridgehead atoms. The number of benzene rings is 2. The Hall–Kier alpha value is -1.92. The van der Waals surface area contributed by atoms with Gasteiger partial charge in [-0.1, -0.05) is 35.3 Å². The number of amides is 1. The molecule has 38 heavy (non-hydrogen) atoms. The maximum Gasteiger partial charge on any atom is 0.419 e. The van der Waals surface area contributed by atoms with Crippen LogP contribution in [0.1, 0.15) is 41.9 Å². The molecule has 0 aliphatic carbocycles. The molecule has 3 rings (SSSR count). The highest BCUT2D eigenvalue weighted by atomic mass is 35.5. The molecule has 2 aromatic carbocycles. The summed E-state index contributed by atoms with van der Waals surface area (Å²) in [5.74, 6) is -2.38. The van der Waals surface area contributed by atoms with Gasteiger partial charge in [0, 0.05) is 19.6 Å². The molecule has 0 radical (unpaired) electrons. The average molecular weight is 598 g/mol. The van der Waals surface area contributed by atoms with Crippen molar-refractivity contribution in [1.82, 2.24) is 14.5 Å². The number of piperidine rings is 1. The van der Waals surface area contributed by atoms with E-state index in [4.69, 9.17) is 23.2 Å². The molecule has 6 nitrogen and oxygen atoms in total. The van der Waals surface area contributed by atoms with Crippen LogP contribution in [0.5, 0.6) is 0 Å². The minimum atomic E-state index is -4.85. The first-order chi connectivity index (χ1) is 17.6. The summed E-state index contributed by atoms with van der Waals surface area (Å²) in [6, 6.07) is 7.40. The lowest BCUT2D eigenvalue weighted by Crippen LogP contribution is -2.45. The molecule has 2 aromatic rings. The van der Waals surface area contributed by atoms with Crippen LogP contribution in [-0.4, -0.2) is 63.1 Å². The lowest BCUT2D eigenvalue weighted by molar-refractivity contribution is -0.140.